The Kier molecular flexibility index (Phi) is 4.42. The van der Waals surface area contributed by atoms with E-state index in [4.69, 9.17) is 4.99 Å². The van der Waals surface area contributed by atoms with Crippen LogP contribution in [0.15, 0.2) is 35.6 Å². The summed E-state index contributed by atoms with van der Waals surface area (Å²) in [5, 5.41) is 10.3. The number of likely N-dealkylation sites (tertiary alicyclic amines) is 1. The van der Waals surface area contributed by atoms with Gasteiger partial charge in [-0.15, -0.1) is 0 Å². The molecule has 1 aliphatic heterocycles. The predicted octanol–water partition coefficient (Wildman–Crippen LogP) is 2.81. The number of nitrogens with one attached hydrogen (secondary N) is 2. The van der Waals surface area contributed by atoms with Gasteiger partial charge in [0.2, 0.25) is 0 Å². The van der Waals surface area contributed by atoms with Crippen LogP contribution in [0.5, 0.6) is 0 Å². The second kappa shape index (κ2) is 6.86. The van der Waals surface area contributed by atoms with E-state index in [1.54, 1.807) is 0 Å². The summed E-state index contributed by atoms with van der Waals surface area (Å²) in [6, 6.07) is 8.34. The Labute approximate surface area is 148 Å². The van der Waals surface area contributed by atoms with E-state index >= 15 is 0 Å². The van der Waals surface area contributed by atoms with E-state index in [-0.39, 0.29) is 0 Å². The molecule has 2 heterocycles. The van der Waals surface area contributed by atoms with Gasteiger partial charge in [0.15, 0.2) is 11.8 Å². The molecule has 0 radical (unpaired) electrons. The lowest BCUT2D eigenvalue weighted by molar-refractivity contribution is 0.151. The molecule has 0 bridgehead atoms. The fraction of sp³-hybridized carbons (Fsp3) is 0.526. The predicted molar refractivity (Wildman–Crippen MR) is 99.1 cm³/mol. The molecule has 6 nitrogen and oxygen atoms in total. The maximum absolute atomic E-state index is 4.90. The molecule has 1 spiro atoms. The molecule has 6 heteroatoms. The molecule has 1 aromatic carbocycles. The number of hydrogen-bond donors (Lipinski definition) is 2. The van der Waals surface area contributed by atoms with E-state index in [0.29, 0.717) is 12.0 Å². The first-order valence-electron chi connectivity index (χ1n) is 9.26. The lowest BCUT2D eigenvalue weighted by atomic mass is 9.68. The SMILES string of the molecule is CCNC(=NCc1cccc(-c2ncn[nH]2)c1)N1CCC2(CCC2)C1. The van der Waals surface area contributed by atoms with Gasteiger partial charge in [0.05, 0.1) is 6.54 Å². The number of benzene rings is 1. The van der Waals surface area contributed by atoms with Crippen molar-refractivity contribution in [2.45, 2.75) is 39.2 Å². The maximum Gasteiger partial charge on any atom is 0.194 e. The van der Waals surface area contributed by atoms with Gasteiger partial charge in [0.1, 0.15) is 6.33 Å². The van der Waals surface area contributed by atoms with Crippen molar-refractivity contribution < 1.29 is 0 Å². The first-order valence-corrected chi connectivity index (χ1v) is 9.26. The normalized spacial score (nSPS) is 19.2. The Balaban J connectivity index is 1.47. The summed E-state index contributed by atoms with van der Waals surface area (Å²) >= 11 is 0. The molecule has 4 rings (SSSR count). The van der Waals surface area contributed by atoms with E-state index in [9.17, 15) is 0 Å². The number of hydrogen-bond acceptors (Lipinski definition) is 3. The van der Waals surface area contributed by atoms with Crippen LogP contribution in [0.25, 0.3) is 11.4 Å². The second-order valence-electron chi connectivity index (χ2n) is 7.23. The van der Waals surface area contributed by atoms with Crippen LogP contribution in [0, 0.1) is 5.41 Å². The third-order valence-electron chi connectivity index (χ3n) is 5.51. The Morgan fingerprint density at radius 2 is 2.28 bits per heavy atom. The summed E-state index contributed by atoms with van der Waals surface area (Å²) in [5.74, 6) is 1.85. The molecule has 0 atom stereocenters. The lowest BCUT2D eigenvalue weighted by Gasteiger charge is -2.38. The van der Waals surface area contributed by atoms with Crippen molar-refractivity contribution >= 4 is 5.96 Å². The van der Waals surface area contributed by atoms with Gasteiger partial charge in [-0.2, -0.15) is 5.10 Å². The number of nitrogens with zero attached hydrogens (tertiary/aromatic N) is 4. The third kappa shape index (κ3) is 3.38. The van der Waals surface area contributed by atoms with Crippen molar-refractivity contribution in [1.82, 2.24) is 25.4 Å². The number of aromatic nitrogens is 3. The monoisotopic (exact) mass is 338 g/mol. The van der Waals surface area contributed by atoms with Gasteiger partial charge in [-0.1, -0.05) is 24.6 Å². The third-order valence-corrected chi connectivity index (χ3v) is 5.51. The maximum atomic E-state index is 4.90. The Hall–Kier alpha value is -2.37. The van der Waals surface area contributed by atoms with Gasteiger partial charge in [-0.25, -0.2) is 9.98 Å². The van der Waals surface area contributed by atoms with Gasteiger partial charge < -0.3 is 10.2 Å². The van der Waals surface area contributed by atoms with Crippen molar-refractivity contribution in [3.05, 3.63) is 36.2 Å². The summed E-state index contributed by atoms with van der Waals surface area (Å²) in [5.41, 5.74) is 2.81. The van der Waals surface area contributed by atoms with Crippen LogP contribution < -0.4 is 5.32 Å². The minimum Gasteiger partial charge on any atom is -0.357 e. The van der Waals surface area contributed by atoms with Crippen molar-refractivity contribution in [3.63, 3.8) is 0 Å². The van der Waals surface area contributed by atoms with Crippen LogP contribution in [-0.4, -0.2) is 45.7 Å². The second-order valence-corrected chi connectivity index (χ2v) is 7.23. The number of aromatic amines is 1. The number of rotatable bonds is 4. The van der Waals surface area contributed by atoms with Crippen LogP contribution in [-0.2, 0) is 6.54 Å². The molecule has 0 unspecified atom stereocenters. The first-order chi connectivity index (χ1) is 12.3. The quantitative estimate of drug-likeness (QED) is 0.664. The van der Waals surface area contributed by atoms with Gasteiger partial charge >= 0.3 is 0 Å². The smallest absolute Gasteiger partial charge is 0.194 e. The zero-order valence-corrected chi connectivity index (χ0v) is 14.8. The number of aliphatic imine (C=N–C) groups is 1. The molecule has 1 saturated heterocycles. The van der Waals surface area contributed by atoms with Gasteiger partial charge in [-0.3, -0.25) is 5.10 Å². The van der Waals surface area contributed by atoms with Crippen molar-refractivity contribution in [3.8, 4) is 11.4 Å². The number of guanidine groups is 1. The largest absolute Gasteiger partial charge is 0.357 e. The van der Waals surface area contributed by atoms with E-state index < -0.39 is 0 Å². The van der Waals surface area contributed by atoms with E-state index in [0.717, 1.165) is 37.0 Å². The molecule has 25 heavy (non-hydrogen) atoms. The Morgan fingerprint density at radius 3 is 2.96 bits per heavy atom. The van der Waals surface area contributed by atoms with E-state index in [1.165, 1.54) is 37.6 Å². The molecule has 0 amide bonds. The highest BCUT2D eigenvalue weighted by atomic mass is 15.3. The topological polar surface area (TPSA) is 69.2 Å². The highest BCUT2D eigenvalue weighted by Gasteiger charge is 2.43. The minimum atomic E-state index is 0.586. The zero-order chi connectivity index (χ0) is 17.1. The Bertz CT molecular complexity index is 732. The summed E-state index contributed by atoms with van der Waals surface area (Å²) in [4.78, 5) is 11.6. The molecule has 1 aromatic heterocycles. The van der Waals surface area contributed by atoms with Crippen molar-refractivity contribution in [2.24, 2.45) is 10.4 Å². The number of H-pyrrole nitrogens is 1. The molecule has 132 valence electrons. The molecule has 2 fully saturated rings. The summed E-state index contributed by atoms with van der Waals surface area (Å²) in [7, 11) is 0. The van der Waals surface area contributed by atoms with E-state index in [1.807, 2.05) is 6.07 Å². The van der Waals surface area contributed by atoms with Crippen LogP contribution in [0.1, 0.15) is 38.2 Å². The van der Waals surface area contributed by atoms with Gasteiger partial charge in [-0.05, 0) is 43.2 Å². The molecule has 1 aliphatic carbocycles. The molecule has 1 saturated carbocycles. The molecular weight excluding hydrogens is 312 g/mol. The average molecular weight is 338 g/mol. The van der Waals surface area contributed by atoms with Gasteiger partial charge in [0.25, 0.3) is 0 Å². The zero-order valence-electron chi connectivity index (χ0n) is 14.8. The minimum absolute atomic E-state index is 0.586. The Morgan fingerprint density at radius 1 is 1.36 bits per heavy atom. The average Bonchev–Trinajstić information content (AvgIpc) is 3.28. The molecule has 2 aliphatic rings. The van der Waals surface area contributed by atoms with Crippen LogP contribution in [0.3, 0.4) is 0 Å². The molecule has 2 N–H and O–H groups in total. The summed E-state index contributed by atoms with van der Waals surface area (Å²) in [6.45, 7) is 6.00. The summed E-state index contributed by atoms with van der Waals surface area (Å²) < 4.78 is 0. The van der Waals surface area contributed by atoms with Crippen LogP contribution in [0.4, 0.5) is 0 Å². The first kappa shape index (κ1) is 16.1. The molecule has 2 aromatic rings. The highest BCUT2D eigenvalue weighted by Crippen LogP contribution is 2.47. The summed E-state index contributed by atoms with van der Waals surface area (Å²) in [6.07, 6.45) is 7.03. The van der Waals surface area contributed by atoms with Crippen LogP contribution in [0.2, 0.25) is 0 Å². The standard InChI is InChI=1S/C19H26N6/c1-2-20-18(25-10-9-19(13-25)7-4-8-19)21-12-15-5-3-6-16(11-15)17-22-14-23-24-17/h3,5-6,11,14H,2,4,7-10,12-13H2,1H3,(H,20,21)(H,22,23,24). The van der Waals surface area contributed by atoms with Gasteiger partial charge in [0, 0.05) is 25.2 Å². The van der Waals surface area contributed by atoms with Crippen molar-refractivity contribution in [1.29, 1.82) is 0 Å². The highest BCUT2D eigenvalue weighted by molar-refractivity contribution is 5.80. The van der Waals surface area contributed by atoms with Crippen molar-refractivity contribution in [2.75, 3.05) is 19.6 Å². The fourth-order valence-electron chi connectivity index (χ4n) is 3.95. The molecular formula is C19H26N6. The van der Waals surface area contributed by atoms with E-state index in [2.05, 4.69) is 50.5 Å². The fourth-order valence-corrected chi connectivity index (χ4v) is 3.95. The lowest BCUT2D eigenvalue weighted by Crippen LogP contribution is -2.42. The van der Waals surface area contributed by atoms with Crippen LogP contribution >= 0.6 is 0 Å².